The number of hydrogen-bond donors (Lipinski definition) is 1. The number of carboxylic acid groups (broad SMARTS) is 1. The monoisotopic (exact) mass is 294 g/mol. The van der Waals surface area contributed by atoms with Crippen LogP contribution in [-0.2, 0) is 4.79 Å². The predicted octanol–water partition coefficient (Wildman–Crippen LogP) is 3.86. The van der Waals surface area contributed by atoms with Crippen molar-refractivity contribution in [1.29, 1.82) is 0 Å². The normalized spacial score (nSPS) is 11.6. The topological polar surface area (TPSA) is 37.3 Å². The maximum Gasteiger partial charge on any atom is 0.304 e. The summed E-state index contributed by atoms with van der Waals surface area (Å²) in [5, 5.41) is 8.71. The zero-order chi connectivity index (χ0) is 10.8. The van der Waals surface area contributed by atoms with Crippen LogP contribution < -0.4 is 0 Å². The number of halogens is 1. The fraction of sp³-hybridized carbons (Fsp3) is 0.444. The molecule has 1 N–H and O–H groups in total. The lowest BCUT2D eigenvalue weighted by molar-refractivity contribution is -0.137. The summed E-state index contributed by atoms with van der Waals surface area (Å²) in [7, 11) is 0. The minimum absolute atomic E-state index is 0.174. The van der Waals surface area contributed by atoms with Gasteiger partial charge in [-0.3, -0.25) is 4.79 Å². The first-order valence-electron chi connectivity index (χ1n) is 4.05. The van der Waals surface area contributed by atoms with Gasteiger partial charge in [0.2, 0.25) is 0 Å². The molecular formula is C9H11BrO2S2. The molecule has 1 rings (SSSR count). The molecule has 1 aromatic heterocycles. The van der Waals surface area contributed by atoms with Gasteiger partial charge in [0.1, 0.15) is 0 Å². The van der Waals surface area contributed by atoms with E-state index in [9.17, 15) is 4.79 Å². The van der Waals surface area contributed by atoms with E-state index in [0.717, 1.165) is 8.00 Å². The molecule has 0 bridgehead atoms. The Labute approximate surface area is 99.8 Å². The van der Waals surface area contributed by atoms with Crippen molar-refractivity contribution in [3.63, 3.8) is 0 Å². The van der Waals surface area contributed by atoms with Crippen LogP contribution in [0.2, 0.25) is 0 Å². The molecule has 0 unspecified atom stereocenters. The van der Waals surface area contributed by atoms with Gasteiger partial charge in [-0.2, -0.15) is 0 Å². The van der Waals surface area contributed by atoms with Crippen molar-refractivity contribution in [3.05, 3.63) is 15.9 Å². The highest BCUT2D eigenvalue weighted by Gasteiger charge is 2.23. The molecule has 78 valence electrons. The standard InChI is InChI=1S/C9H11BrO2S2/c1-9(2,5-7(11)12)14-8-4-3-6(10)13-8/h3-4H,5H2,1-2H3,(H,11,12). The van der Waals surface area contributed by atoms with E-state index in [1.54, 1.807) is 23.1 Å². The molecule has 0 saturated carbocycles. The molecule has 0 amide bonds. The first-order valence-corrected chi connectivity index (χ1v) is 6.48. The Kier molecular flexibility index (Phi) is 4.04. The van der Waals surface area contributed by atoms with Gasteiger partial charge in [-0.15, -0.1) is 23.1 Å². The zero-order valence-electron chi connectivity index (χ0n) is 7.91. The molecule has 0 aromatic carbocycles. The molecule has 1 aromatic rings. The second-order valence-corrected chi connectivity index (χ2v) is 7.96. The van der Waals surface area contributed by atoms with E-state index in [1.807, 2.05) is 26.0 Å². The van der Waals surface area contributed by atoms with Crippen molar-refractivity contribution in [2.45, 2.75) is 29.2 Å². The largest absolute Gasteiger partial charge is 0.481 e. The number of rotatable bonds is 4. The van der Waals surface area contributed by atoms with Crippen LogP contribution in [0.25, 0.3) is 0 Å². The van der Waals surface area contributed by atoms with Gasteiger partial charge in [0, 0.05) is 4.75 Å². The van der Waals surface area contributed by atoms with E-state index in [-0.39, 0.29) is 11.2 Å². The van der Waals surface area contributed by atoms with Crippen LogP contribution in [0.3, 0.4) is 0 Å². The molecule has 5 heteroatoms. The van der Waals surface area contributed by atoms with Crippen molar-refractivity contribution in [1.82, 2.24) is 0 Å². The fourth-order valence-electron chi connectivity index (χ4n) is 1.03. The van der Waals surface area contributed by atoms with Crippen molar-refractivity contribution in [2.24, 2.45) is 0 Å². The van der Waals surface area contributed by atoms with Crippen LogP contribution in [0.5, 0.6) is 0 Å². The smallest absolute Gasteiger partial charge is 0.304 e. The van der Waals surface area contributed by atoms with Crippen molar-refractivity contribution >= 4 is 45.0 Å². The zero-order valence-corrected chi connectivity index (χ0v) is 11.1. The Balaban J connectivity index is 2.63. The van der Waals surface area contributed by atoms with E-state index in [0.29, 0.717) is 0 Å². The fourth-order valence-corrected chi connectivity index (χ4v) is 4.46. The Hall–Kier alpha value is -0.0000000000000000833. The third kappa shape index (κ3) is 4.02. The van der Waals surface area contributed by atoms with Crippen molar-refractivity contribution < 1.29 is 9.90 Å². The van der Waals surface area contributed by atoms with Crippen molar-refractivity contribution in [3.8, 4) is 0 Å². The molecule has 0 aliphatic heterocycles. The SMILES string of the molecule is CC(C)(CC(=O)O)Sc1ccc(Br)s1. The molecule has 0 aliphatic rings. The number of thiophene rings is 1. The average molecular weight is 295 g/mol. The van der Waals surface area contributed by atoms with Gasteiger partial charge in [0.15, 0.2) is 0 Å². The van der Waals surface area contributed by atoms with E-state index >= 15 is 0 Å². The summed E-state index contributed by atoms with van der Waals surface area (Å²) in [4.78, 5) is 10.6. The average Bonchev–Trinajstić information content (AvgIpc) is 2.30. The molecular weight excluding hydrogens is 284 g/mol. The predicted molar refractivity (Wildman–Crippen MR) is 64.2 cm³/mol. The molecule has 0 radical (unpaired) electrons. The second kappa shape index (κ2) is 4.68. The lowest BCUT2D eigenvalue weighted by Gasteiger charge is -2.20. The van der Waals surface area contributed by atoms with E-state index in [1.165, 1.54) is 0 Å². The van der Waals surface area contributed by atoms with Crippen LogP contribution in [0.1, 0.15) is 20.3 Å². The Bertz CT molecular complexity index is 333. The molecule has 0 atom stereocenters. The van der Waals surface area contributed by atoms with Crippen LogP contribution in [0.4, 0.5) is 0 Å². The summed E-state index contributed by atoms with van der Waals surface area (Å²) < 4.78 is 1.96. The minimum Gasteiger partial charge on any atom is -0.481 e. The van der Waals surface area contributed by atoms with Gasteiger partial charge in [-0.1, -0.05) is 0 Å². The lowest BCUT2D eigenvalue weighted by atomic mass is 10.1. The minimum atomic E-state index is -0.752. The Morgan fingerprint density at radius 3 is 2.71 bits per heavy atom. The number of aliphatic carboxylic acids is 1. The first kappa shape index (κ1) is 12.1. The van der Waals surface area contributed by atoms with Gasteiger partial charge < -0.3 is 5.11 Å². The highest BCUT2D eigenvalue weighted by Crippen LogP contribution is 2.40. The van der Waals surface area contributed by atoms with Crippen LogP contribution in [-0.4, -0.2) is 15.8 Å². The van der Waals surface area contributed by atoms with E-state index in [2.05, 4.69) is 15.9 Å². The van der Waals surface area contributed by atoms with Gasteiger partial charge >= 0.3 is 5.97 Å². The van der Waals surface area contributed by atoms with Gasteiger partial charge in [0.05, 0.1) is 14.4 Å². The van der Waals surface area contributed by atoms with Gasteiger partial charge in [-0.05, 0) is 41.9 Å². The van der Waals surface area contributed by atoms with E-state index < -0.39 is 5.97 Å². The maximum absolute atomic E-state index is 10.6. The lowest BCUT2D eigenvalue weighted by Crippen LogP contribution is -2.19. The maximum atomic E-state index is 10.6. The van der Waals surface area contributed by atoms with E-state index in [4.69, 9.17) is 5.11 Å². The highest BCUT2D eigenvalue weighted by atomic mass is 79.9. The summed E-state index contributed by atoms with van der Waals surface area (Å²) in [6, 6.07) is 3.98. The number of hydrogen-bond acceptors (Lipinski definition) is 3. The molecule has 0 spiro atoms. The quantitative estimate of drug-likeness (QED) is 0.857. The number of thioether (sulfide) groups is 1. The summed E-state index contributed by atoms with van der Waals surface area (Å²) in [5.74, 6) is -0.752. The number of carboxylic acids is 1. The van der Waals surface area contributed by atoms with Crippen LogP contribution in [0.15, 0.2) is 20.1 Å². The van der Waals surface area contributed by atoms with Crippen LogP contribution >= 0.6 is 39.0 Å². The summed E-state index contributed by atoms with van der Waals surface area (Å²) >= 11 is 6.61. The van der Waals surface area contributed by atoms with Crippen LogP contribution in [0, 0.1) is 0 Å². The first-order chi connectivity index (χ1) is 6.39. The third-order valence-corrected chi connectivity index (χ3v) is 4.45. The van der Waals surface area contributed by atoms with Gasteiger partial charge in [-0.25, -0.2) is 0 Å². The summed E-state index contributed by atoms with van der Waals surface area (Å²) in [6.07, 6.45) is 0.174. The van der Waals surface area contributed by atoms with Crippen molar-refractivity contribution in [2.75, 3.05) is 0 Å². The molecule has 0 fully saturated rings. The highest BCUT2D eigenvalue weighted by molar-refractivity contribution is 9.11. The molecule has 1 heterocycles. The Morgan fingerprint density at radius 1 is 1.64 bits per heavy atom. The molecule has 2 nitrogen and oxygen atoms in total. The molecule has 0 aliphatic carbocycles. The third-order valence-electron chi connectivity index (χ3n) is 1.50. The molecule has 0 saturated heterocycles. The van der Waals surface area contributed by atoms with Gasteiger partial charge in [0.25, 0.3) is 0 Å². The number of carbonyl (C=O) groups is 1. The Morgan fingerprint density at radius 2 is 2.29 bits per heavy atom. The summed E-state index contributed by atoms with van der Waals surface area (Å²) in [6.45, 7) is 3.89. The summed E-state index contributed by atoms with van der Waals surface area (Å²) in [5.41, 5.74) is 0. The second-order valence-electron chi connectivity index (χ2n) is 3.49. The molecule has 14 heavy (non-hydrogen) atoms.